The van der Waals surface area contributed by atoms with Gasteiger partial charge in [0.1, 0.15) is 11.3 Å². The lowest BCUT2D eigenvalue weighted by Crippen LogP contribution is -1.96. The van der Waals surface area contributed by atoms with Crippen LogP contribution in [0.25, 0.3) is 121 Å². The highest BCUT2D eigenvalue weighted by Gasteiger charge is 2.19. The SMILES string of the molecule is c1ccc(-c2cc(-c3cccc(-c4ccc5ccc6cccc7ccc4c5c67)c3)nc(-c3ccc(-c4nc5ccccc5c5c4oc4ccccc45)cc3)n2)cc1. The van der Waals surface area contributed by atoms with E-state index < -0.39 is 0 Å². The van der Waals surface area contributed by atoms with E-state index in [2.05, 4.69) is 164 Å². The Hall–Kier alpha value is -7.69. The largest absolute Gasteiger partial charge is 0.454 e. The summed E-state index contributed by atoms with van der Waals surface area (Å²) in [5.74, 6) is 0.659. The second-order valence-corrected chi connectivity index (χ2v) is 14.7. The van der Waals surface area contributed by atoms with Crippen LogP contribution < -0.4 is 0 Å². The van der Waals surface area contributed by atoms with Gasteiger partial charge in [-0.3, -0.25) is 0 Å². The Kier molecular flexibility index (Phi) is 6.89. The van der Waals surface area contributed by atoms with Crippen LogP contribution in [0.4, 0.5) is 0 Å². The smallest absolute Gasteiger partial charge is 0.162 e. The Balaban J connectivity index is 0.986. The van der Waals surface area contributed by atoms with E-state index in [9.17, 15) is 0 Å². The molecule has 264 valence electrons. The molecule has 0 unspecified atom stereocenters. The Morgan fingerprint density at radius 2 is 0.982 bits per heavy atom. The fourth-order valence-corrected chi connectivity index (χ4v) is 8.72. The molecule has 9 aromatic carbocycles. The lowest BCUT2D eigenvalue weighted by atomic mass is 9.89. The van der Waals surface area contributed by atoms with Crippen molar-refractivity contribution in [1.82, 2.24) is 15.0 Å². The van der Waals surface area contributed by atoms with E-state index >= 15 is 0 Å². The zero-order valence-electron chi connectivity index (χ0n) is 30.6. The minimum Gasteiger partial charge on any atom is -0.454 e. The van der Waals surface area contributed by atoms with Crippen LogP contribution in [-0.2, 0) is 0 Å². The Labute approximate surface area is 327 Å². The van der Waals surface area contributed by atoms with E-state index in [1.165, 1.54) is 37.9 Å². The van der Waals surface area contributed by atoms with Gasteiger partial charge in [0.05, 0.1) is 16.9 Å². The van der Waals surface area contributed by atoms with Crippen molar-refractivity contribution < 1.29 is 4.42 Å². The molecule has 0 amide bonds. The van der Waals surface area contributed by atoms with Gasteiger partial charge in [-0.2, -0.15) is 0 Å². The molecule has 0 radical (unpaired) electrons. The molecule has 0 aliphatic rings. The van der Waals surface area contributed by atoms with Crippen molar-refractivity contribution in [2.75, 3.05) is 0 Å². The lowest BCUT2D eigenvalue weighted by molar-refractivity contribution is 0.669. The van der Waals surface area contributed by atoms with E-state index in [4.69, 9.17) is 19.4 Å². The minimum atomic E-state index is 0.659. The van der Waals surface area contributed by atoms with Crippen molar-refractivity contribution in [2.45, 2.75) is 0 Å². The van der Waals surface area contributed by atoms with Crippen molar-refractivity contribution in [1.29, 1.82) is 0 Å². The van der Waals surface area contributed by atoms with E-state index in [-0.39, 0.29) is 0 Å². The van der Waals surface area contributed by atoms with Gasteiger partial charge in [-0.15, -0.1) is 0 Å². The summed E-state index contributed by atoms with van der Waals surface area (Å²) in [5, 5.41) is 10.9. The molecule has 0 aliphatic carbocycles. The number of rotatable bonds is 5. The van der Waals surface area contributed by atoms with E-state index in [0.29, 0.717) is 5.82 Å². The maximum atomic E-state index is 6.50. The van der Waals surface area contributed by atoms with Crippen molar-refractivity contribution >= 4 is 65.2 Å². The maximum Gasteiger partial charge on any atom is 0.162 e. The fraction of sp³-hybridized carbons (Fsp3) is 0. The van der Waals surface area contributed by atoms with Crippen LogP contribution in [0.3, 0.4) is 0 Å². The third-order valence-electron chi connectivity index (χ3n) is 11.4. The number of aromatic nitrogens is 3. The number of para-hydroxylation sites is 2. The summed E-state index contributed by atoms with van der Waals surface area (Å²) >= 11 is 0. The van der Waals surface area contributed by atoms with E-state index in [1.54, 1.807) is 0 Å². The zero-order chi connectivity index (χ0) is 37.5. The van der Waals surface area contributed by atoms with Gasteiger partial charge in [0.25, 0.3) is 0 Å². The molecule has 3 aromatic heterocycles. The summed E-state index contributed by atoms with van der Waals surface area (Å²) in [5.41, 5.74) is 11.4. The van der Waals surface area contributed by atoms with Gasteiger partial charge in [-0.1, -0.05) is 164 Å². The van der Waals surface area contributed by atoms with Crippen LogP contribution in [0, 0.1) is 0 Å². The monoisotopic (exact) mass is 725 g/mol. The van der Waals surface area contributed by atoms with Gasteiger partial charge in [0.2, 0.25) is 0 Å². The molecule has 57 heavy (non-hydrogen) atoms. The molecule has 0 aliphatic heterocycles. The highest BCUT2D eigenvalue weighted by molar-refractivity contribution is 6.25. The number of benzene rings is 9. The predicted molar refractivity (Wildman–Crippen MR) is 235 cm³/mol. The van der Waals surface area contributed by atoms with Gasteiger partial charge in [0.15, 0.2) is 11.4 Å². The van der Waals surface area contributed by atoms with Crippen LogP contribution in [0.15, 0.2) is 192 Å². The van der Waals surface area contributed by atoms with E-state index in [1.807, 2.05) is 24.3 Å². The molecule has 0 atom stereocenters. The van der Waals surface area contributed by atoms with Crippen LogP contribution in [0.5, 0.6) is 0 Å². The Morgan fingerprint density at radius 3 is 1.82 bits per heavy atom. The second kappa shape index (κ2) is 12.4. The van der Waals surface area contributed by atoms with Gasteiger partial charge < -0.3 is 4.42 Å². The van der Waals surface area contributed by atoms with Gasteiger partial charge in [-0.05, 0) is 67.7 Å². The third kappa shape index (κ3) is 5.04. The molecule has 12 rings (SSSR count). The quantitative estimate of drug-likeness (QED) is 0.166. The normalized spacial score (nSPS) is 11.9. The van der Waals surface area contributed by atoms with Crippen LogP contribution in [0.1, 0.15) is 0 Å². The zero-order valence-corrected chi connectivity index (χ0v) is 30.6. The molecule has 0 saturated heterocycles. The van der Waals surface area contributed by atoms with Crippen LogP contribution >= 0.6 is 0 Å². The first-order valence-corrected chi connectivity index (χ1v) is 19.3. The number of hydrogen-bond donors (Lipinski definition) is 0. The van der Waals surface area contributed by atoms with Crippen LogP contribution in [-0.4, -0.2) is 15.0 Å². The molecule has 12 aromatic rings. The second-order valence-electron chi connectivity index (χ2n) is 14.7. The van der Waals surface area contributed by atoms with Crippen molar-refractivity contribution in [3.63, 3.8) is 0 Å². The van der Waals surface area contributed by atoms with Crippen molar-refractivity contribution in [2.24, 2.45) is 0 Å². The summed E-state index contributed by atoms with van der Waals surface area (Å²) in [7, 11) is 0. The van der Waals surface area contributed by atoms with E-state index in [0.717, 1.165) is 77.7 Å². The summed E-state index contributed by atoms with van der Waals surface area (Å²) in [6.45, 7) is 0. The summed E-state index contributed by atoms with van der Waals surface area (Å²) in [6.07, 6.45) is 0. The predicted octanol–water partition coefficient (Wildman–Crippen LogP) is 14.2. The molecular formula is C53H31N3O. The summed E-state index contributed by atoms with van der Waals surface area (Å²) in [4.78, 5) is 15.5. The topological polar surface area (TPSA) is 51.8 Å². The average Bonchev–Trinajstić information content (AvgIpc) is 3.68. The summed E-state index contributed by atoms with van der Waals surface area (Å²) < 4.78 is 6.50. The number of pyridine rings is 1. The third-order valence-corrected chi connectivity index (χ3v) is 11.4. The number of furan rings is 1. The minimum absolute atomic E-state index is 0.659. The molecule has 0 spiro atoms. The molecule has 0 fully saturated rings. The first-order valence-electron chi connectivity index (χ1n) is 19.3. The maximum absolute atomic E-state index is 6.50. The standard InChI is InChI=1S/C53H31N3O/c1-2-10-32(11-3-1)45-31-46(39-15-9-14-38(30-39)40-28-26-35-21-20-33-12-8-13-34-27-29-41(40)49(35)48(33)34)56-53(55-45)37-24-22-36(23-25-37)51-52-50(42-16-4-6-18-44(42)54-51)43-17-5-7-19-47(43)57-52/h1-31H. The summed E-state index contributed by atoms with van der Waals surface area (Å²) in [6, 6.07) is 66.1. The molecule has 4 nitrogen and oxygen atoms in total. The number of hydrogen-bond acceptors (Lipinski definition) is 4. The first-order chi connectivity index (χ1) is 28.2. The molecule has 3 heterocycles. The highest BCUT2D eigenvalue weighted by atomic mass is 16.3. The number of nitrogens with zero attached hydrogens (tertiary/aromatic N) is 3. The molecular weight excluding hydrogens is 695 g/mol. The Bertz CT molecular complexity index is 3500. The first kappa shape index (κ1) is 31.6. The molecule has 0 N–H and O–H groups in total. The fourth-order valence-electron chi connectivity index (χ4n) is 8.72. The van der Waals surface area contributed by atoms with Gasteiger partial charge >= 0.3 is 0 Å². The molecule has 4 heteroatoms. The highest BCUT2D eigenvalue weighted by Crippen LogP contribution is 2.42. The molecule has 0 bridgehead atoms. The average molecular weight is 726 g/mol. The lowest BCUT2D eigenvalue weighted by Gasteiger charge is -2.15. The van der Waals surface area contributed by atoms with Crippen molar-refractivity contribution in [3.05, 3.63) is 188 Å². The van der Waals surface area contributed by atoms with Crippen molar-refractivity contribution in [3.8, 4) is 56.3 Å². The molecule has 0 saturated carbocycles. The Morgan fingerprint density at radius 1 is 0.351 bits per heavy atom. The number of fused-ring (bicyclic) bond motifs is 5. The van der Waals surface area contributed by atoms with Gasteiger partial charge in [-0.25, -0.2) is 15.0 Å². The van der Waals surface area contributed by atoms with Crippen LogP contribution in [0.2, 0.25) is 0 Å². The van der Waals surface area contributed by atoms with Gasteiger partial charge in [0, 0.05) is 38.4 Å².